The molecule has 1 saturated heterocycles. The van der Waals surface area contributed by atoms with E-state index in [0.29, 0.717) is 0 Å². The van der Waals surface area contributed by atoms with E-state index in [-0.39, 0.29) is 11.7 Å². The van der Waals surface area contributed by atoms with Gasteiger partial charge >= 0.3 is 0 Å². The van der Waals surface area contributed by atoms with Crippen LogP contribution in [0.1, 0.15) is 13.3 Å². The molecule has 1 fully saturated rings. The van der Waals surface area contributed by atoms with Gasteiger partial charge < -0.3 is 14.4 Å². The number of anilines is 1. The Hall–Kier alpha value is -1.71. The highest BCUT2D eigenvalue weighted by Crippen LogP contribution is 2.35. The molecule has 18 heavy (non-hydrogen) atoms. The minimum Gasteiger partial charge on any atom is -0.497 e. The normalized spacial score (nSPS) is 18.8. The lowest BCUT2D eigenvalue weighted by Gasteiger charge is -2.21. The van der Waals surface area contributed by atoms with Crippen molar-refractivity contribution in [3.8, 4) is 11.5 Å². The second-order valence-electron chi connectivity index (χ2n) is 4.58. The summed E-state index contributed by atoms with van der Waals surface area (Å²) in [6.07, 6.45) is 0.912. The van der Waals surface area contributed by atoms with Crippen molar-refractivity contribution in [1.82, 2.24) is 0 Å². The van der Waals surface area contributed by atoms with Crippen LogP contribution in [0.4, 0.5) is 5.69 Å². The van der Waals surface area contributed by atoms with Gasteiger partial charge in [0.2, 0.25) is 0 Å². The van der Waals surface area contributed by atoms with E-state index in [1.54, 1.807) is 21.1 Å². The molecule has 1 aromatic carbocycles. The number of ether oxygens (including phenoxy) is 2. The predicted octanol–water partition coefficient (Wildman–Crippen LogP) is 2.12. The molecule has 1 aromatic rings. The van der Waals surface area contributed by atoms with Crippen LogP contribution in [-0.4, -0.2) is 33.1 Å². The van der Waals surface area contributed by atoms with Crippen LogP contribution in [-0.2, 0) is 4.79 Å². The Morgan fingerprint density at radius 1 is 1.33 bits per heavy atom. The molecule has 0 saturated carbocycles. The lowest BCUT2D eigenvalue weighted by atomic mass is 10.1. The minimum atomic E-state index is 0.140. The SMILES string of the molecule is COc1ccc(OC)c(N2CCC(C(C)=O)C2)c1. The largest absolute Gasteiger partial charge is 0.497 e. The van der Waals surface area contributed by atoms with Crippen LogP contribution in [0.2, 0.25) is 0 Å². The Bertz CT molecular complexity index is 445. The summed E-state index contributed by atoms with van der Waals surface area (Å²) in [6.45, 7) is 3.31. The zero-order chi connectivity index (χ0) is 13.1. The summed E-state index contributed by atoms with van der Waals surface area (Å²) in [4.78, 5) is 13.6. The Morgan fingerprint density at radius 2 is 2.11 bits per heavy atom. The van der Waals surface area contributed by atoms with Crippen LogP contribution in [0.3, 0.4) is 0 Å². The van der Waals surface area contributed by atoms with Gasteiger partial charge in [-0.1, -0.05) is 0 Å². The van der Waals surface area contributed by atoms with Gasteiger partial charge in [0.1, 0.15) is 17.3 Å². The Balaban J connectivity index is 2.24. The zero-order valence-corrected chi connectivity index (χ0v) is 11.1. The van der Waals surface area contributed by atoms with E-state index in [4.69, 9.17) is 9.47 Å². The van der Waals surface area contributed by atoms with Crippen molar-refractivity contribution in [2.24, 2.45) is 5.92 Å². The van der Waals surface area contributed by atoms with Crippen molar-refractivity contribution in [2.45, 2.75) is 13.3 Å². The number of nitrogens with zero attached hydrogens (tertiary/aromatic N) is 1. The number of hydrogen-bond donors (Lipinski definition) is 0. The number of rotatable bonds is 4. The van der Waals surface area contributed by atoms with Crippen LogP contribution in [0.5, 0.6) is 11.5 Å². The van der Waals surface area contributed by atoms with E-state index in [1.165, 1.54) is 0 Å². The number of methoxy groups -OCH3 is 2. The molecule has 0 radical (unpaired) electrons. The number of Topliss-reactive ketones (excluding diaryl/α,β-unsaturated/α-hetero) is 1. The quantitative estimate of drug-likeness (QED) is 0.819. The van der Waals surface area contributed by atoms with E-state index in [2.05, 4.69) is 4.90 Å². The fourth-order valence-corrected chi connectivity index (χ4v) is 2.35. The van der Waals surface area contributed by atoms with E-state index in [9.17, 15) is 4.79 Å². The molecular weight excluding hydrogens is 230 g/mol. The standard InChI is InChI=1S/C14H19NO3/c1-10(16)11-6-7-15(9-11)13-8-12(17-2)4-5-14(13)18-3/h4-5,8,11H,6-7,9H2,1-3H3. The molecule has 1 atom stereocenters. The second kappa shape index (κ2) is 5.29. The first-order valence-corrected chi connectivity index (χ1v) is 6.13. The first-order chi connectivity index (χ1) is 8.65. The molecule has 1 unspecified atom stereocenters. The molecule has 0 aromatic heterocycles. The van der Waals surface area contributed by atoms with E-state index in [1.807, 2.05) is 18.2 Å². The summed E-state index contributed by atoms with van der Waals surface area (Å²) in [5, 5.41) is 0. The minimum absolute atomic E-state index is 0.140. The highest BCUT2D eigenvalue weighted by Gasteiger charge is 2.27. The first-order valence-electron chi connectivity index (χ1n) is 6.13. The average Bonchev–Trinajstić information content (AvgIpc) is 2.87. The maximum Gasteiger partial charge on any atom is 0.142 e. The molecule has 1 heterocycles. The lowest BCUT2D eigenvalue weighted by molar-refractivity contribution is -0.120. The van der Waals surface area contributed by atoms with Crippen LogP contribution >= 0.6 is 0 Å². The molecule has 0 bridgehead atoms. The highest BCUT2D eigenvalue weighted by atomic mass is 16.5. The summed E-state index contributed by atoms with van der Waals surface area (Å²) in [5.74, 6) is 2.03. The van der Waals surface area contributed by atoms with Gasteiger partial charge in [-0.15, -0.1) is 0 Å². The van der Waals surface area contributed by atoms with E-state index in [0.717, 1.165) is 36.7 Å². The first kappa shape index (κ1) is 12.7. The Morgan fingerprint density at radius 3 is 2.67 bits per heavy atom. The maximum atomic E-state index is 11.4. The van der Waals surface area contributed by atoms with Gasteiger partial charge in [0, 0.05) is 25.1 Å². The maximum absolute atomic E-state index is 11.4. The Labute approximate surface area is 107 Å². The van der Waals surface area contributed by atoms with E-state index < -0.39 is 0 Å². The fraction of sp³-hybridized carbons (Fsp3) is 0.500. The zero-order valence-electron chi connectivity index (χ0n) is 11.1. The smallest absolute Gasteiger partial charge is 0.142 e. The number of ketones is 1. The van der Waals surface area contributed by atoms with Gasteiger partial charge in [-0.3, -0.25) is 4.79 Å². The third-order valence-electron chi connectivity index (χ3n) is 3.49. The Kier molecular flexibility index (Phi) is 3.75. The van der Waals surface area contributed by atoms with Crippen LogP contribution in [0.25, 0.3) is 0 Å². The predicted molar refractivity (Wildman–Crippen MR) is 70.5 cm³/mol. The molecule has 0 spiro atoms. The summed E-state index contributed by atoms with van der Waals surface area (Å²) >= 11 is 0. The molecule has 1 aliphatic rings. The summed E-state index contributed by atoms with van der Waals surface area (Å²) in [7, 11) is 3.30. The van der Waals surface area contributed by atoms with Gasteiger partial charge in [-0.2, -0.15) is 0 Å². The van der Waals surface area contributed by atoms with Crippen LogP contribution in [0.15, 0.2) is 18.2 Å². The summed E-state index contributed by atoms with van der Waals surface area (Å²) < 4.78 is 10.6. The highest BCUT2D eigenvalue weighted by molar-refractivity contribution is 5.80. The third-order valence-corrected chi connectivity index (χ3v) is 3.49. The van der Waals surface area contributed by atoms with Gasteiger partial charge in [-0.05, 0) is 25.5 Å². The van der Waals surface area contributed by atoms with Crippen LogP contribution in [0, 0.1) is 5.92 Å². The molecule has 98 valence electrons. The second-order valence-corrected chi connectivity index (χ2v) is 4.58. The summed E-state index contributed by atoms with van der Waals surface area (Å²) in [5.41, 5.74) is 1.00. The van der Waals surface area contributed by atoms with Gasteiger partial charge in [0.15, 0.2) is 0 Å². The lowest BCUT2D eigenvalue weighted by Crippen LogP contribution is -2.22. The molecule has 0 aliphatic carbocycles. The molecule has 0 amide bonds. The van der Waals surface area contributed by atoms with Crippen LogP contribution < -0.4 is 14.4 Å². The number of benzene rings is 1. The van der Waals surface area contributed by atoms with Gasteiger partial charge in [0.25, 0.3) is 0 Å². The topological polar surface area (TPSA) is 38.8 Å². The van der Waals surface area contributed by atoms with Crippen molar-refractivity contribution in [3.05, 3.63) is 18.2 Å². The number of carbonyl (C=O) groups is 1. The fourth-order valence-electron chi connectivity index (χ4n) is 2.35. The number of hydrogen-bond acceptors (Lipinski definition) is 4. The van der Waals surface area contributed by atoms with Crippen molar-refractivity contribution in [3.63, 3.8) is 0 Å². The van der Waals surface area contributed by atoms with E-state index >= 15 is 0 Å². The molecule has 0 N–H and O–H groups in total. The molecule has 2 rings (SSSR count). The summed E-state index contributed by atoms with van der Waals surface area (Å²) in [6, 6.07) is 5.73. The van der Waals surface area contributed by atoms with Crippen molar-refractivity contribution < 1.29 is 14.3 Å². The monoisotopic (exact) mass is 249 g/mol. The molecular formula is C14H19NO3. The third kappa shape index (κ3) is 2.42. The molecule has 1 aliphatic heterocycles. The van der Waals surface area contributed by atoms with Crippen molar-refractivity contribution in [1.29, 1.82) is 0 Å². The van der Waals surface area contributed by atoms with Crippen molar-refractivity contribution >= 4 is 11.5 Å². The van der Waals surface area contributed by atoms with Crippen molar-refractivity contribution in [2.75, 3.05) is 32.2 Å². The average molecular weight is 249 g/mol. The molecule has 4 heteroatoms. The van der Waals surface area contributed by atoms with Gasteiger partial charge in [0.05, 0.1) is 19.9 Å². The molecule has 4 nitrogen and oxygen atoms in total. The van der Waals surface area contributed by atoms with Gasteiger partial charge in [-0.25, -0.2) is 0 Å². The number of carbonyl (C=O) groups excluding carboxylic acids is 1.